The maximum Gasteiger partial charge on any atom is 0.335 e. The maximum atomic E-state index is 13.5. The molecule has 140 valence electrons. The normalized spacial score (nSPS) is 11.3. The van der Waals surface area contributed by atoms with E-state index in [2.05, 4.69) is 0 Å². The topological polar surface area (TPSA) is 42.2 Å². The van der Waals surface area contributed by atoms with Crippen LogP contribution in [0.1, 0.15) is 33.0 Å². The van der Waals surface area contributed by atoms with Crippen LogP contribution in [-0.4, -0.2) is 15.6 Å². The molecule has 3 nitrogen and oxygen atoms in total. The molecule has 0 unspecified atom stereocenters. The lowest BCUT2D eigenvalue weighted by atomic mass is 9.85. The summed E-state index contributed by atoms with van der Waals surface area (Å²) in [4.78, 5) is 11.5. The molecule has 4 rings (SSSR count). The number of hydrogen-bond acceptors (Lipinski definition) is 1. The lowest BCUT2D eigenvalue weighted by molar-refractivity contribution is 0.0697. The molecule has 28 heavy (non-hydrogen) atoms. The minimum Gasteiger partial charge on any atom is -0.478 e. The van der Waals surface area contributed by atoms with Crippen molar-refractivity contribution in [3.63, 3.8) is 0 Å². The summed E-state index contributed by atoms with van der Waals surface area (Å²) in [7, 11) is 1.89. The summed E-state index contributed by atoms with van der Waals surface area (Å²) in [6.45, 7) is 0. The second-order valence-electron chi connectivity index (χ2n) is 6.77. The summed E-state index contributed by atoms with van der Waals surface area (Å²) in [5.74, 6) is -1.98. The molecule has 0 radical (unpaired) electrons. The Hall–Kier alpha value is -3.47. The summed E-state index contributed by atoms with van der Waals surface area (Å²) in [6, 6.07) is 17.3. The number of carboxylic acids is 1. The average Bonchev–Trinajstić information content (AvgIpc) is 3.01. The van der Waals surface area contributed by atoms with E-state index in [4.69, 9.17) is 0 Å². The first-order valence-corrected chi connectivity index (χ1v) is 8.77. The van der Waals surface area contributed by atoms with Crippen LogP contribution in [0.15, 0.2) is 72.9 Å². The van der Waals surface area contributed by atoms with Crippen molar-refractivity contribution in [2.24, 2.45) is 7.05 Å². The molecule has 0 saturated heterocycles. The van der Waals surface area contributed by atoms with Crippen molar-refractivity contribution < 1.29 is 18.7 Å². The Kier molecular flexibility index (Phi) is 4.43. The van der Waals surface area contributed by atoms with Crippen molar-refractivity contribution in [1.29, 1.82) is 0 Å². The summed E-state index contributed by atoms with van der Waals surface area (Å²) in [6.07, 6.45) is 1.94. The van der Waals surface area contributed by atoms with E-state index in [0.717, 1.165) is 27.6 Å². The van der Waals surface area contributed by atoms with Crippen molar-refractivity contribution in [2.75, 3.05) is 0 Å². The molecule has 0 amide bonds. The van der Waals surface area contributed by atoms with Gasteiger partial charge >= 0.3 is 5.97 Å². The van der Waals surface area contributed by atoms with E-state index in [9.17, 15) is 18.7 Å². The monoisotopic (exact) mass is 377 g/mol. The first-order valence-electron chi connectivity index (χ1n) is 8.77. The van der Waals surface area contributed by atoms with Gasteiger partial charge in [0.1, 0.15) is 11.6 Å². The van der Waals surface area contributed by atoms with E-state index >= 15 is 0 Å². The highest BCUT2D eigenvalue weighted by Crippen LogP contribution is 2.37. The zero-order valence-corrected chi connectivity index (χ0v) is 15.1. The fourth-order valence-corrected chi connectivity index (χ4v) is 3.65. The van der Waals surface area contributed by atoms with Gasteiger partial charge in [-0.2, -0.15) is 0 Å². The molecule has 0 saturated carbocycles. The highest BCUT2D eigenvalue weighted by molar-refractivity contribution is 5.95. The van der Waals surface area contributed by atoms with E-state index in [1.165, 1.54) is 24.3 Å². The van der Waals surface area contributed by atoms with Crippen LogP contribution < -0.4 is 0 Å². The number of fused-ring (bicyclic) bond motifs is 1. The third-order valence-electron chi connectivity index (χ3n) is 4.98. The van der Waals surface area contributed by atoms with Gasteiger partial charge in [0.25, 0.3) is 0 Å². The van der Waals surface area contributed by atoms with Crippen LogP contribution in [0.25, 0.3) is 10.9 Å². The SMILES string of the molecule is Cn1cc(C(c2ccc(F)cc2)c2ccc(F)cc2)c2cc(C(=O)O)ccc21. The molecule has 0 aliphatic heterocycles. The summed E-state index contributed by atoms with van der Waals surface area (Å²) >= 11 is 0. The first kappa shape index (κ1) is 17.9. The number of rotatable bonds is 4. The molecule has 1 aromatic heterocycles. The van der Waals surface area contributed by atoms with Crippen LogP contribution in [0, 0.1) is 11.6 Å². The highest BCUT2D eigenvalue weighted by Gasteiger charge is 2.22. The van der Waals surface area contributed by atoms with Crippen LogP contribution in [0.3, 0.4) is 0 Å². The fraction of sp³-hybridized carbons (Fsp3) is 0.0870. The predicted octanol–water partition coefficient (Wildman–Crippen LogP) is 5.33. The molecule has 0 spiro atoms. The highest BCUT2D eigenvalue weighted by atomic mass is 19.1. The molecule has 0 aliphatic carbocycles. The van der Waals surface area contributed by atoms with Crippen molar-refractivity contribution >= 4 is 16.9 Å². The molecular formula is C23H17F2NO2. The van der Waals surface area contributed by atoms with Crippen molar-refractivity contribution in [3.8, 4) is 0 Å². The third kappa shape index (κ3) is 3.16. The Balaban J connectivity index is 1.98. The lowest BCUT2D eigenvalue weighted by Gasteiger charge is -2.18. The van der Waals surface area contributed by atoms with Gasteiger partial charge in [0.2, 0.25) is 0 Å². The number of aromatic nitrogens is 1. The van der Waals surface area contributed by atoms with E-state index in [1.807, 2.05) is 17.8 Å². The van der Waals surface area contributed by atoms with Gasteiger partial charge in [0, 0.05) is 30.1 Å². The molecule has 5 heteroatoms. The zero-order valence-electron chi connectivity index (χ0n) is 15.1. The Bertz CT molecular complexity index is 1120. The van der Waals surface area contributed by atoms with Gasteiger partial charge in [-0.1, -0.05) is 24.3 Å². The molecule has 0 fully saturated rings. The second-order valence-corrected chi connectivity index (χ2v) is 6.77. The van der Waals surface area contributed by atoms with Crippen LogP contribution in [0.2, 0.25) is 0 Å². The van der Waals surface area contributed by atoms with Crippen LogP contribution >= 0.6 is 0 Å². The molecule has 1 heterocycles. The molecular weight excluding hydrogens is 360 g/mol. The van der Waals surface area contributed by atoms with Gasteiger partial charge in [0.15, 0.2) is 0 Å². The predicted molar refractivity (Wildman–Crippen MR) is 104 cm³/mol. The number of carbonyl (C=O) groups is 1. The first-order chi connectivity index (χ1) is 13.4. The smallest absolute Gasteiger partial charge is 0.335 e. The van der Waals surface area contributed by atoms with Gasteiger partial charge < -0.3 is 9.67 Å². The average molecular weight is 377 g/mol. The Morgan fingerprint density at radius 3 is 1.93 bits per heavy atom. The lowest BCUT2D eigenvalue weighted by Crippen LogP contribution is -2.04. The van der Waals surface area contributed by atoms with Gasteiger partial charge in [-0.25, -0.2) is 13.6 Å². The van der Waals surface area contributed by atoms with Gasteiger partial charge in [0.05, 0.1) is 5.56 Å². The van der Waals surface area contributed by atoms with E-state index < -0.39 is 5.97 Å². The Morgan fingerprint density at radius 2 is 1.43 bits per heavy atom. The van der Waals surface area contributed by atoms with Crippen LogP contribution in [0.4, 0.5) is 8.78 Å². The van der Waals surface area contributed by atoms with Gasteiger partial charge in [-0.05, 0) is 59.2 Å². The van der Waals surface area contributed by atoms with Crippen molar-refractivity contribution in [1.82, 2.24) is 4.57 Å². The fourth-order valence-electron chi connectivity index (χ4n) is 3.65. The number of halogens is 2. The minimum atomic E-state index is -1.00. The number of carboxylic acid groups (broad SMARTS) is 1. The van der Waals surface area contributed by atoms with Crippen LogP contribution in [-0.2, 0) is 7.05 Å². The molecule has 0 bridgehead atoms. The standard InChI is InChI=1S/C23H17F2NO2/c1-26-13-20(19-12-16(23(27)28)6-11-21(19)26)22(14-2-7-17(24)8-3-14)15-4-9-18(25)10-5-15/h2-13,22H,1H3,(H,27,28). The van der Waals surface area contributed by atoms with Crippen molar-refractivity contribution in [2.45, 2.75) is 5.92 Å². The summed E-state index contributed by atoms with van der Waals surface area (Å²) in [5, 5.41) is 10.2. The third-order valence-corrected chi connectivity index (χ3v) is 4.98. The number of hydrogen-bond donors (Lipinski definition) is 1. The molecule has 0 aliphatic rings. The number of aromatic carboxylic acids is 1. The van der Waals surface area contributed by atoms with Gasteiger partial charge in [-0.15, -0.1) is 0 Å². The molecule has 1 N–H and O–H groups in total. The summed E-state index contributed by atoms with van der Waals surface area (Å²) < 4.78 is 28.9. The Labute approximate surface area is 160 Å². The zero-order chi connectivity index (χ0) is 19.8. The minimum absolute atomic E-state index is 0.192. The van der Waals surface area contributed by atoms with E-state index in [-0.39, 0.29) is 23.1 Å². The van der Waals surface area contributed by atoms with Gasteiger partial charge in [-0.3, -0.25) is 0 Å². The molecule has 3 aromatic carbocycles. The number of nitrogens with zero attached hydrogens (tertiary/aromatic N) is 1. The van der Waals surface area contributed by atoms with E-state index in [1.54, 1.807) is 42.5 Å². The van der Waals surface area contributed by atoms with Crippen molar-refractivity contribution in [3.05, 3.63) is 107 Å². The Morgan fingerprint density at radius 1 is 0.893 bits per heavy atom. The summed E-state index contributed by atoms with van der Waals surface area (Å²) in [5.41, 5.74) is 3.62. The largest absolute Gasteiger partial charge is 0.478 e. The number of benzene rings is 3. The molecule has 0 atom stereocenters. The van der Waals surface area contributed by atoms with Crippen LogP contribution in [0.5, 0.6) is 0 Å². The van der Waals surface area contributed by atoms with E-state index in [0.29, 0.717) is 0 Å². The second kappa shape index (κ2) is 6.93. The number of aryl methyl sites for hydroxylation is 1. The maximum absolute atomic E-state index is 13.5. The molecule has 4 aromatic rings. The quantitative estimate of drug-likeness (QED) is 0.522.